The van der Waals surface area contributed by atoms with E-state index in [4.69, 9.17) is 5.11 Å². The zero-order chi connectivity index (χ0) is 19.5. The molecular formula is C22H32O4. The first-order chi connectivity index (χ1) is 12.6. The largest absolute Gasteiger partial charge is 0.481 e. The second-order valence-corrected chi connectivity index (χ2v) is 5.75. The first kappa shape index (κ1) is 23.8. The van der Waals surface area contributed by atoms with Crippen LogP contribution in [0.25, 0.3) is 0 Å². The van der Waals surface area contributed by atoms with Gasteiger partial charge in [-0.25, -0.2) is 0 Å². The van der Waals surface area contributed by atoms with Crippen molar-refractivity contribution in [3.63, 3.8) is 0 Å². The van der Waals surface area contributed by atoms with Crippen LogP contribution in [0.5, 0.6) is 0 Å². The number of aliphatic hydroxyl groups excluding tert-OH is 2. The van der Waals surface area contributed by atoms with E-state index in [1.807, 2.05) is 12.2 Å². The van der Waals surface area contributed by atoms with E-state index in [2.05, 4.69) is 31.2 Å². The molecule has 0 bridgehead atoms. The number of carboxylic acid groups (broad SMARTS) is 1. The Kier molecular flexibility index (Phi) is 16.2. The lowest BCUT2D eigenvalue weighted by molar-refractivity contribution is -0.137. The Bertz CT molecular complexity index is 524. The van der Waals surface area contributed by atoms with E-state index >= 15 is 0 Å². The fourth-order valence-corrected chi connectivity index (χ4v) is 1.90. The summed E-state index contributed by atoms with van der Waals surface area (Å²) >= 11 is 0. The molecule has 4 heteroatoms. The molecule has 4 nitrogen and oxygen atoms in total. The molecule has 0 saturated heterocycles. The Hall–Kier alpha value is -2.17. The van der Waals surface area contributed by atoms with Crippen LogP contribution in [0.1, 0.15) is 45.4 Å². The molecule has 0 radical (unpaired) electrons. The van der Waals surface area contributed by atoms with E-state index in [1.54, 1.807) is 30.4 Å². The van der Waals surface area contributed by atoms with Gasteiger partial charge in [0, 0.05) is 6.42 Å². The summed E-state index contributed by atoms with van der Waals surface area (Å²) in [5, 5.41) is 27.8. The summed E-state index contributed by atoms with van der Waals surface area (Å²) in [5.41, 5.74) is 0. The normalized spacial score (nSPS) is 15.5. The first-order valence-electron chi connectivity index (χ1n) is 9.10. The number of carbonyl (C=O) groups is 1. The highest BCUT2D eigenvalue weighted by atomic mass is 16.4. The van der Waals surface area contributed by atoms with Crippen molar-refractivity contribution in [3.05, 3.63) is 72.9 Å². The first-order valence-corrected chi connectivity index (χ1v) is 9.10. The van der Waals surface area contributed by atoms with Crippen LogP contribution < -0.4 is 0 Å². The SMILES string of the molecule is CCC=CCC=CCC=CCC(O)C=CC=CC=CC(O)CCC(=O)O. The van der Waals surface area contributed by atoms with Crippen molar-refractivity contribution in [2.75, 3.05) is 0 Å². The molecule has 0 aromatic rings. The van der Waals surface area contributed by atoms with E-state index in [-0.39, 0.29) is 12.8 Å². The molecule has 2 unspecified atom stereocenters. The van der Waals surface area contributed by atoms with Gasteiger partial charge in [0.25, 0.3) is 0 Å². The molecule has 2 atom stereocenters. The molecule has 0 aliphatic rings. The highest BCUT2D eigenvalue weighted by Gasteiger charge is 2.02. The minimum absolute atomic E-state index is 0.0550. The third-order valence-corrected chi connectivity index (χ3v) is 3.31. The lowest BCUT2D eigenvalue weighted by Gasteiger charge is -2.00. The summed E-state index contributed by atoms with van der Waals surface area (Å²) in [6.45, 7) is 2.12. The Morgan fingerprint density at radius 2 is 1.35 bits per heavy atom. The molecule has 0 aliphatic heterocycles. The Balaban J connectivity index is 3.87. The van der Waals surface area contributed by atoms with E-state index in [0.29, 0.717) is 6.42 Å². The molecular weight excluding hydrogens is 328 g/mol. The number of hydrogen-bond donors (Lipinski definition) is 3. The highest BCUT2D eigenvalue weighted by Crippen LogP contribution is 2.00. The minimum Gasteiger partial charge on any atom is -0.481 e. The van der Waals surface area contributed by atoms with Gasteiger partial charge < -0.3 is 15.3 Å². The monoisotopic (exact) mass is 360 g/mol. The molecule has 26 heavy (non-hydrogen) atoms. The van der Waals surface area contributed by atoms with Crippen LogP contribution in [-0.4, -0.2) is 33.5 Å². The Morgan fingerprint density at radius 1 is 0.808 bits per heavy atom. The van der Waals surface area contributed by atoms with Crippen LogP contribution >= 0.6 is 0 Å². The van der Waals surface area contributed by atoms with Crippen LogP contribution in [0.4, 0.5) is 0 Å². The average Bonchev–Trinajstić information content (AvgIpc) is 2.61. The summed E-state index contributed by atoms with van der Waals surface area (Å²) < 4.78 is 0. The van der Waals surface area contributed by atoms with E-state index in [0.717, 1.165) is 19.3 Å². The number of rotatable bonds is 14. The number of carboxylic acids is 1. The molecule has 0 aliphatic carbocycles. The second kappa shape index (κ2) is 17.6. The summed E-state index contributed by atoms with van der Waals surface area (Å²) in [4.78, 5) is 10.4. The van der Waals surface area contributed by atoms with Gasteiger partial charge in [0.15, 0.2) is 0 Å². The van der Waals surface area contributed by atoms with Crippen molar-refractivity contribution in [2.45, 2.75) is 57.7 Å². The van der Waals surface area contributed by atoms with Gasteiger partial charge in [-0.1, -0.05) is 79.8 Å². The van der Waals surface area contributed by atoms with E-state index in [9.17, 15) is 15.0 Å². The average molecular weight is 360 g/mol. The van der Waals surface area contributed by atoms with Crippen molar-refractivity contribution in [3.8, 4) is 0 Å². The second-order valence-electron chi connectivity index (χ2n) is 5.75. The van der Waals surface area contributed by atoms with Gasteiger partial charge >= 0.3 is 5.97 Å². The van der Waals surface area contributed by atoms with Gasteiger partial charge in [0.2, 0.25) is 0 Å². The van der Waals surface area contributed by atoms with Crippen LogP contribution in [0.15, 0.2) is 72.9 Å². The highest BCUT2D eigenvalue weighted by molar-refractivity contribution is 5.66. The maximum absolute atomic E-state index is 10.4. The number of allylic oxidation sites excluding steroid dienone is 9. The van der Waals surface area contributed by atoms with Gasteiger partial charge in [-0.2, -0.15) is 0 Å². The molecule has 144 valence electrons. The zero-order valence-corrected chi connectivity index (χ0v) is 15.6. The van der Waals surface area contributed by atoms with Crippen molar-refractivity contribution in [1.82, 2.24) is 0 Å². The smallest absolute Gasteiger partial charge is 0.303 e. The van der Waals surface area contributed by atoms with Crippen LogP contribution in [0.2, 0.25) is 0 Å². The van der Waals surface area contributed by atoms with Crippen molar-refractivity contribution < 1.29 is 20.1 Å². The van der Waals surface area contributed by atoms with Gasteiger partial charge in [-0.3, -0.25) is 4.79 Å². The molecule has 0 aromatic heterocycles. The van der Waals surface area contributed by atoms with Gasteiger partial charge in [-0.05, 0) is 32.1 Å². The Labute approximate surface area is 157 Å². The third kappa shape index (κ3) is 18.2. The quantitative estimate of drug-likeness (QED) is 0.315. The summed E-state index contributed by atoms with van der Waals surface area (Å²) in [7, 11) is 0. The lowest BCUT2D eigenvalue weighted by Crippen LogP contribution is -2.05. The number of hydrogen-bond acceptors (Lipinski definition) is 3. The van der Waals surface area contributed by atoms with E-state index < -0.39 is 18.2 Å². The maximum Gasteiger partial charge on any atom is 0.303 e. The summed E-state index contributed by atoms with van der Waals surface area (Å²) in [6.07, 6.45) is 25.0. The van der Waals surface area contributed by atoms with Crippen molar-refractivity contribution >= 4 is 5.97 Å². The van der Waals surface area contributed by atoms with Crippen LogP contribution in [-0.2, 0) is 4.79 Å². The number of aliphatic hydroxyl groups is 2. The standard InChI is InChI=1S/C22H32O4/c1-2-3-4-5-6-7-8-9-12-15-20(23)16-13-10-11-14-17-21(24)18-19-22(25)26/h3-4,6-7,9-14,16-17,20-21,23-24H,2,5,8,15,18-19H2,1H3,(H,25,26). The van der Waals surface area contributed by atoms with Gasteiger partial charge in [0.05, 0.1) is 12.2 Å². The fraction of sp³-hybridized carbons (Fsp3) is 0.409. The molecule has 0 fully saturated rings. The summed E-state index contributed by atoms with van der Waals surface area (Å²) in [6, 6.07) is 0. The van der Waals surface area contributed by atoms with E-state index in [1.165, 1.54) is 6.08 Å². The number of aliphatic carboxylic acids is 1. The molecule has 3 N–H and O–H groups in total. The summed E-state index contributed by atoms with van der Waals surface area (Å²) in [5.74, 6) is -0.917. The predicted octanol–water partition coefficient (Wildman–Crippen LogP) is 4.49. The molecule has 0 heterocycles. The zero-order valence-electron chi connectivity index (χ0n) is 15.6. The molecule has 0 spiro atoms. The topological polar surface area (TPSA) is 77.8 Å². The predicted molar refractivity (Wildman–Crippen MR) is 108 cm³/mol. The molecule has 0 saturated carbocycles. The van der Waals surface area contributed by atoms with Crippen molar-refractivity contribution in [1.29, 1.82) is 0 Å². The minimum atomic E-state index is -0.917. The van der Waals surface area contributed by atoms with Gasteiger partial charge in [-0.15, -0.1) is 0 Å². The molecule has 0 aromatic carbocycles. The maximum atomic E-state index is 10.4. The lowest BCUT2D eigenvalue weighted by atomic mass is 10.2. The third-order valence-electron chi connectivity index (χ3n) is 3.31. The molecule has 0 amide bonds. The van der Waals surface area contributed by atoms with Crippen LogP contribution in [0.3, 0.4) is 0 Å². The van der Waals surface area contributed by atoms with Crippen LogP contribution in [0, 0.1) is 0 Å². The van der Waals surface area contributed by atoms with Gasteiger partial charge in [0.1, 0.15) is 0 Å². The Morgan fingerprint density at radius 3 is 1.92 bits per heavy atom. The fourth-order valence-electron chi connectivity index (χ4n) is 1.90. The molecule has 0 rings (SSSR count). The van der Waals surface area contributed by atoms with Crippen molar-refractivity contribution in [2.24, 2.45) is 0 Å².